The van der Waals surface area contributed by atoms with E-state index in [1.54, 1.807) is 11.8 Å². The standard InChI is InChI=1S/C30H58O4S.C25H37O3P/c1-3-5-7-9-11-13-15-17-19-21-25-33-29(31)23-27-35-28-24-30(32)34-26-22-20-18-16-14-12-10-8-6-4-2;1-2-3-4-5-6-7-8-9-10-11-18-23-26-29(27-24-19-14-12-15-20-24)28-25-21-16-13-17-22-25/h3-28H2,1-2H3;12-17,19-22H,2-11,18,23H2,1H3. The molecule has 0 aliphatic carbocycles. The second-order valence-corrected chi connectivity index (χ2v) is 19.6. The van der Waals surface area contributed by atoms with Gasteiger partial charge in [-0.2, -0.15) is 11.8 Å². The fraction of sp³-hybridized carbons (Fsp3) is 0.745. The first kappa shape index (κ1) is 59.7. The highest BCUT2D eigenvalue weighted by molar-refractivity contribution is 7.99. The molecule has 0 saturated heterocycles. The molecular weight excluding hydrogens is 836 g/mol. The Morgan fingerprint density at radius 1 is 0.391 bits per heavy atom. The van der Waals surface area contributed by atoms with Crippen molar-refractivity contribution in [3.63, 3.8) is 0 Å². The number of ether oxygens (including phenoxy) is 2. The molecule has 0 atom stereocenters. The highest BCUT2D eigenvalue weighted by atomic mass is 32.2. The Hall–Kier alpha value is -2.28. The van der Waals surface area contributed by atoms with Crippen molar-refractivity contribution >= 4 is 32.3 Å². The summed E-state index contributed by atoms with van der Waals surface area (Å²) in [6, 6.07) is 19.5. The van der Waals surface area contributed by atoms with E-state index in [1.165, 1.54) is 167 Å². The molecule has 0 amide bonds. The zero-order chi connectivity index (χ0) is 46.1. The Balaban J connectivity index is 0.000000649. The molecule has 368 valence electrons. The van der Waals surface area contributed by atoms with Crippen LogP contribution in [0, 0.1) is 0 Å². The van der Waals surface area contributed by atoms with Crippen molar-refractivity contribution in [2.75, 3.05) is 31.3 Å². The first-order valence-corrected chi connectivity index (χ1v) is 28.6. The van der Waals surface area contributed by atoms with Gasteiger partial charge < -0.3 is 18.5 Å². The number of thioether (sulfide) groups is 1. The van der Waals surface area contributed by atoms with Gasteiger partial charge in [0.25, 0.3) is 0 Å². The lowest BCUT2D eigenvalue weighted by molar-refractivity contribution is -0.144. The summed E-state index contributed by atoms with van der Waals surface area (Å²) in [5.41, 5.74) is 0. The monoisotopic (exact) mass is 931 g/mol. The third kappa shape index (κ3) is 42.4. The molecule has 7 nitrogen and oxygen atoms in total. The molecule has 0 saturated carbocycles. The largest absolute Gasteiger partial charge is 0.466 e. The average Bonchev–Trinajstić information content (AvgIpc) is 3.31. The van der Waals surface area contributed by atoms with Gasteiger partial charge in [-0.15, -0.1) is 0 Å². The van der Waals surface area contributed by atoms with E-state index in [-0.39, 0.29) is 11.9 Å². The van der Waals surface area contributed by atoms with E-state index in [4.69, 9.17) is 23.0 Å². The van der Waals surface area contributed by atoms with Gasteiger partial charge in [0.2, 0.25) is 0 Å². The Bertz CT molecular complexity index is 1170. The van der Waals surface area contributed by atoms with Crippen LogP contribution < -0.4 is 9.05 Å². The fourth-order valence-electron chi connectivity index (χ4n) is 7.22. The normalized spacial score (nSPS) is 11.0. The van der Waals surface area contributed by atoms with Crippen LogP contribution in [-0.4, -0.2) is 43.3 Å². The Labute approximate surface area is 399 Å². The van der Waals surface area contributed by atoms with Gasteiger partial charge in [0.15, 0.2) is 0 Å². The zero-order valence-electron chi connectivity index (χ0n) is 41.4. The van der Waals surface area contributed by atoms with Gasteiger partial charge in [0.1, 0.15) is 11.5 Å². The van der Waals surface area contributed by atoms with Crippen molar-refractivity contribution < 1.29 is 32.6 Å². The van der Waals surface area contributed by atoms with Crippen LogP contribution in [0.1, 0.15) is 233 Å². The maximum Gasteiger partial charge on any atom is 0.463 e. The fourth-order valence-corrected chi connectivity index (χ4v) is 9.05. The zero-order valence-corrected chi connectivity index (χ0v) is 43.1. The summed E-state index contributed by atoms with van der Waals surface area (Å²) in [7, 11) is -1.45. The summed E-state index contributed by atoms with van der Waals surface area (Å²) < 4.78 is 28.5. The van der Waals surface area contributed by atoms with E-state index in [0.29, 0.717) is 44.2 Å². The molecule has 0 fully saturated rings. The highest BCUT2D eigenvalue weighted by Gasteiger charge is 2.17. The van der Waals surface area contributed by atoms with Crippen LogP contribution in [0.2, 0.25) is 0 Å². The molecule has 0 spiro atoms. The molecule has 9 heteroatoms. The molecule has 0 aromatic heterocycles. The molecule has 0 radical (unpaired) electrons. The average molecular weight is 931 g/mol. The van der Waals surface area contributed by atoms with Gasteiger partial charge in [0.05, 0.1) is 32.7 Å². The van der Waals surface area contributed by atoms with Gasteiger partial charge in [-0.1, -0.05) is 237 Å². The number of esters is 2. The summed E-state index contributed by atoms with van der Waals surface area (Å²) in [6.07, 6.45) is 41.1. The predicted octanol–water partition coefficient (Wildman–Crippen LogP) is 18.1. The minimum absolute atomic E-state index is 0.114. The number of benzene rings is 2. The number of hydrogen-bond acceptors (Lipinski definition) is 8. The molecule has 2 rings (SSSR count). The third-order valence-electron chi connectivity index (χ3n) is 11.2. The maximum absolute atomic E-state index is 11.8. The number of para-hydroxylation sites is 2. The van der Waals surface area contributed by atoms with Gasteiger partial charge >= 0.3 is 20.5 Å². The van der Waals surface area contributed by atoms with Crippen LogP contribution >= 0.6 is 20.4 Å². The second kappa shape index (κ2) is 48.6. The number of rotatable bonds is 45. The summed E-state index contributed by atoms with van der Waals surface area (Å²) in [6.45, 7) is 8.54. The van der Waals surface area contributed by atoms with Crippen LogP contribution in [0.15, 0.2) is 60.7 Å². The van der Waals surface area contributed by atoms with E-state index in [0.717, 1.165) is 43.6 Å². The lowest BCUT2D eigenvalue weighted by Crippen LogP contribution is -2.09. The van der Waals surface area contributed by atoms with E-state index < -0.39 is 8.60 Å². The first-order valence-electron chi connectivity index (χ1n) is 26.4. The smallest absolute Gasteiger partial charge is 0.463 e. The number of unbranched alkanes of at least 4 members (excludes halogenated alkanes) is 28. The molecular formula is C55H95O7PS. The second-order valence-electron chi connectivity index (χ2n) is 17.3. The molecule has 0 heterocycles. The van der Waals surface area contributed by atoms with Crippen molar-refractivity contribution in [1.82, 2.24) is 0 Å². The van der Waals surface area contributed by atoms with Crippen LogP contribution in [0.25, 0.3) is 0 Å². The molecule has 0 bridgehead atoms. The van der Waals surface area contributed by atoms with Crippen LogP contribution in [-0.2, 0) is 23.6 Å². The summed E-state index contributed by atoms with van der Waals surface area (Å²) in [5.74, 6) is 2.74. The van der Waals surface area contributed by atoms with Gasteiger partial charge in [-0.05, 0) is 43.5 Å². The van der Waals surface area contributed by atoms with Crippen LogP contribution in [0.4, 0.5) is 0 Å². The number of carbonyl (C=O) groups excluding carboxylic acids is 2. The number of hydrogen-bond donors (Lipinski definition) is 0. The van der Waals surface area contributed by atoms with E-state index in [9.17, 15) is 9.59 Å². The lowest BCUT2D eigenvalue weighted by Gasteiger charge is -2.17. The van der Waals surface area contributed by atoms with Crippen molar-refractivity contribution in [1.29, 1.82) is 0 Å². The number of carbonyl (C=O) groups is 2. The summed E-state index contributed by atoms with van der Waals surface area (Å²) >= 11 is 1.63. The van der Waals surface area contributed by atoms with Gasteiger partial charge in [0, 0.05) is 11.5 Å². The summed E-state index contributed by atoms with van der Waals surface area (Å²) in [5, 5.41) is 0. The Morgan fingerprint density at radius 2 is 0.672 bits per heavy atom. The highest BCUT2D eigenvalue weighted by Crippen LogP contribution is 2.41. The van der Waals surface area contributed by atoms with Crippen LogP contribution in [0.5, 0.6) is 11.5 Å². The molecule has 0 N–H and O–H groups in total. The Kier molecular flexibility index (Phi) is 45.4. The molecule has 0 unspecified atom stereocenters. The van der Waals surface area contributed by atoms with Gasteiger partial charge in [-0.25, -0.2) is 0 Å². The van der Waals surface area contributed by atoms with Crippen molar-refractivity contribution in [2.24, 2.45) is 0 Å². The SMILES string of the molecule is CCCCCCCCCCCCCOP(Oc1ccccc1)Oc1ccccc1.CCCCCCCCCCCCOC(=O)CCSCCC(=O)OCCCCCCCCCCCC. The lowest BCUT2D eigenvalue weighted by atomic mass is 10.1. The summed E-state index contributed by atoms with van der Waals surface area (Å²) in [4.78, 5) is 23.6. The maximum atomic E-state index is 11.8. The van der Waals surface area contributed by atoms with E-state index in [1.807, 2.05) is 60.7 Å². The van der Waals surface area contributed by atoms with E-state index in [2.05, 4.69) is 20.8 Å². The van der Waals surface area contributed by atoms with Crippen molar-refractivity contribution in [3.05, 3.63) is 60.7 Å². The minimum atomic E-state index is -1.45. The molecule has 64 heavy (non-hydrogen) atoms. The minimum Gasteiger partial charge on any atom is -0.466 e. The van der Waals surface area contributed by atoms with Crippen molar-refractivity contribution in [3.8, 4) is 11.5 Å². The topological polar surface area (TPSA) is 80.3 Å². The Morgan fingerprint density at radius 3 is 0.984 bits per heavy atom. The first-order chi connectivity index (χ1) is 31.6. The predicted molar refractivity (Wildman–Crippen MR) is 276 cm³/mol. The van der Waals surface area contributed by atoms with Crippen molar-refractivity contribution in [2.45, 2.75) is 233 Å². The molecule has 2 aromatic rings. The molecule has 0 aliphatic rings. The molecule has 2 aromatic carbocycles. The molecule has 0 aliphatic heterocycles. The van der Waals surface area contributed by atoms with Gasteiger partial charge in [-0.3, -0.25) is 14.1 Å². The quantitative estimate of drug-likeness (QED) is 0.0369. The third-order valence-corrected chi connectivity index (χ3v) is 13.3. The van der Waals surface area contributed by atoms with Crippen LogP contribution in [0.3, 0.4) is 0 Å². The van der Waals surface area contributed by atoms with E-state index >= 15 is 0 Å².